The first-order chi connectivity index (χ1) is 18.8. The molecule has 2 aromatic rings. The van der Waals surface area contributed by atoms with Crippen LogP contribution in [0.4, 0.5) is 18.9 Å². The van der Waals surface area contributed by atoms with Crippen LogP contribution >= 0.6 is 0 Å². The molecule has 1 amide bonds. The van der Waals surface area contributed by atoms with Crippen molar-refractivity contribution >= 4 is 23.5 Å². The largest absolute Gasteiger partial charge is 0.478 e. The summed E-state index contributed by atoms with van der Waals surface area (Å²) in [4.78, 5) is 41.7. The Balaban J connectivity index is 2.17. The monoisotopic (exact) mass is 559 g/mol. The summed E-state index contributed by atoms with van der Waals surface area (Å²) >= 11 is 0. The number of amides is 1. The molecule has 0 aliphatic carbocycles. The van der Waals surface area contributed by atoms with Crippen LogP contribution in [0.2, 0.25) is 0 Å². The fourth-order valence-corrected chi connectivity index (χ4v) is 5.10. The number of benzene rings is 2. The van der Waals surface area contributed by atoms with Gasteiger partial charge in [-0.2, -0.15) is 13.2 Å². The van der Waals surface area contributed by atoms with E-state index in [9.17, 15) is 32.7 Å². The van der Waals surface area contributed by atoms with E-state index in [4.69, 9.17) is 10.3 Å². The highest BCUT2D eigenvalue weighted by Gasteiger charge is 2.56. The minimum atomic E-state index is -4.84. The van der Waals surface area contributed by atoms with Crippen molar-refractivity contribution in [1.82, 2.24) is 10.6 Å². The lowest BCUT2D eigenvalue weighted by Gasteiger charge is -2.49. The molecular weight excluding hydrogens is 531 g/mol. The Labute approximate surface area is 227 Å². The molecule has 0 saturated heterocycles. The van der Waals surface area contributed by atoms with E-state index < -0.39 is 64.1 Å². The van der Waals surface area contributed by atoms with Gasteiger partial charge in [-0.15, -0.1) is 0 Å². The number of hydrogen-bond acceptors (Lipinski definition) is 6. The molecule has 3 rings (SSSR count). The molecule has 13 heteroatoms. The zero-order valence-electron chi connectivity index (χ0n) is 22.1. The van der Waals surface area contributed by atoms with Crippen molar-refractivity contribution in [1.29, 1.82) is 0 Å². The average molecular weight is 560 g/mol. The lowest BCUT2D eigenvalue weighted by molar-refractivity contribution is -0.154. The molecule has 3 N–H and O–H groups in total. The van der Waals surface area contributed by atoms with Crippen molar-refractivity contribution in [2.24, 2.45) is 11.0 Å². The molecule has 0 bridgehead atoms. The number of halogens is 3. The number of carbonyl (C=O) groups is 3. The number of nitrogens with one attached hydrogen (secondary N) is 2. The quantitative estimate of drug-likeness (QED) is 0.169. The van der Waals surface area contributed by atoms with Crippen LogP contribution in [-0.4, -0.2) is 41.1 Å². The molecule has 0 saturated carbocycles. The number of azide groups is 1. The Morgan fingerprint density at radius 1 is 1.20 bits per heavy atom. The smallest absolute Gasteiger partial charge is 0.416 e. The van der Waals surface area contributed by atoms with Gasteiger partial charge in [-0.3, -0.25) is 9.59 Å². The van der Waals surface area contributed by atoms with Gasteiger partial charge in [-0.25, -0.2) is 4.79 Å². The summed E-state index contributed by atoms with van der Waals surface area (Å²) in [7, 11) is 0. The van der Waals surface area contributed by atoms with Gasteiger partial charge in [-0.05, 0) is 57.0 Å². The maximum absolute atomic E-state index is 14.1. The van der Waals surface area contributed by atoms with E-state index in [2.05, 4.69) is 20.7 Å². The van der Waals surface area contributed by atoms with Crippen LogP contribution in [-0.2, 0) is 20.5 Å². The van der Waals surface area contributed by atoms with E-state index >= 15 is 0 Å². The number of rotatable bonds is 8. The molecule has 2 aromatic carbocycles. The molecule has 1 aliphatic rings. The topological polar surface area (TPSA) is 153 Å². The summed E-state index contributed by atoms with van der Waals surface area (Å²) in [6, 6.07) is 9.26. The normalized spacial score (nSPS) is 21.5. The second kappa shape index (κ2) is 11.7. The summed E-state index contributed by atoms with van der Waals surface area (Å²) < 4.78 is 47.6. The minimum Gasteiger partial charge on any atom is -0.478 e. The predicted octanol–water partition coefficient (Wildman–Crippen LogP) is 5.45. The van der Waals surface area contributed by atoms with Crippen molar-refractivity contribution < 1.29 is 37.4 Å². The van der Waals surface area contributed by atoms with E-state index in [0.29, 0.717) is 0 Å². The van der Waals surface area contributed by atoms with E-state index in [1.807, 2.05) is 0 Å². The lowest BCUT2D eigenvalue weighted by Crippen LogP contribution is -2.66. The van der Waals surface area contributed by atoms with Gasteiger partial charge in [-0.1, -0.05) is 35.4 Å². The summed E-state index contributed by atoms with van der Waals surface area (Å²) in [5, 5.41) is 19.3. The summed E-state index contributed by atoms with van der Waals surface area (Å²) in [5.74, 6) is -6.06. The molecule has 4 atom stereocenters. The van der Waals surface area contributed by atoms with Crippen molar-refractivity contribution in [3.63, 3.8) is 0 Å². The number of carbonyl (C=O) groups excluding carboxylic acids is 2. The van der Waals surface area contributed by atoms with Crippen LogP contribution in [0.3, 0.4) is 0 Å². The SMILES string of the molecule is CCOC(=O)C1C(c2ccccc2C(F)(F)F)C(C(=O)O)=C(C)NC1(C)C(C)NC(=O)c1ccc(N=[N+]=[N-])cc1. The number of allylic oxidation sites excluding steroid dienone is 1. The number of ether oxygens (including phenoxy) is 1. The number of alkyl halides is 3. The van der Waals surface area contributed by atoms with Crippen LogP contribution in [0.1, 0.15) is 55.1 Å². The molecule has 0 aromatic heterocycles. The highest BCUT2D eigenvalue weighted by Crippen LogP contribution is 2.48. The molecule has 0 fully saturated rings. The fraction of sp³-hybridized carbons (Fsp3) is 0.370. The van der Waals surface area contributed by atoms with Gasteiger partial charge in [0.15, 0.2) is 0 Å². The molecule has 1 heterocycles. The third-order valence-corrected chi connectivity index (χ3v) is 7.06. The van der Waals surface area contributed by atoms with E-state index in [0.717, 1.165) is 12.1 Å². The zero-order valence-corrected chi connectivity index (χ0v) is 22.1. The molecule has 212 valence electrons. The van der Waals surface area contributed by atoms with E-state index in [1.165, 1.54) is 57.2 Å². The van der Waals surface area contributed by atoms with Gasteiger partial charge in [0, 0.05) is 33.8 Å². The predicted molar refractivity (Wildman–Crippen MR) is 138 cm³/mol. The number of nitrogens with zero attached hydrogens (tertiary/aromatic N) is 3. The van der Waals surface area contributed by atoms with Crippen LogP contribution in [0.25, 0.3) is 10.4 Å². The van der Waals surface area contributed by atoms with Crippen LogP contribution < -0.4 is 10.6 Å². The standard InChI is InChI=1S/C27H28F3N5O5/c1-5-40-25(39)22-21(18-8-6-7-9-19(18)27(28,29)30)20(24(37)38)14(2)33-26(22,4)15(3)32-23(36)16-10-12-17(13-11-16)34-35-31/h6-13,15,21-22,33H,5H2,1-4H3,(H,32,36)(H,37,38). The number of esters is 1. The lowest BCUT2D eigenvalue weighted by atomic mass is 9.64. The Hall–Kier alpha value is -4.51. The molecule has 10 nitrogen and oxygen atoms in total. The fourth-order valence-electron chi connectivity index (χ4n) is 5.10. The summed E-state index contributed by atoms with van der Waals surface area (Å²) in [5.41, 5.74) is 5.68. The molecule has 0 radical (unpaired) electrons. The third-order valence-electron chi connectivity index (χ3n) is 7.06. The van der Waals surface area contributed by atoms with Gasteiger partial charge < -0.3 is 20.5 Å². The molecule has 40 heavy (non-hydrogen) atoms. The number of aliphatic carboxylic acids is 1. The minimum absolute atomic E-state index is 0.0392. The average Bonchev–Trinajstić information content (AvgIpc) is 2.88. The van der Waals surface area contributed by atoms with Crippen molar-refractivity contribution in [3.05, 3.63) is 86.9 Å². The van der Waals surface area contributed by atoms with Crippen molar-refractivity contribution in [3.8, 4) is 0 Å². The number of hydrogen-bond donors (Lipinski definition) is 3. The maximum Gasteiger partial charge on any atom is 0.416 e. The van der Waals surface area contributed by atoms with Gasteiger partial charge in [0.05, 0.1) is 29.2 Å². The highest BCUT2D eigenvalue weighted by molar-refractivity contribution is 5.95. The maximum atomic E-state index is 14.1. The molecule has 1 aliphatic heterocycles. The van der Waals surface area contributed by atoms with Crippen LogP contribution in [0.15, 0.2) is 64.9 Å². The molecule has 0 spiro atoms. The Morgan fingerprint density at radius 2 is 1.82 bits per heavy atom. The van der Waals surface area contributed by atoms with E-state index in [1.54, 1.807) is 6.92 Å². The summed E-state index contributed by atoms with van der Waals surface area (Å²) in [6.07, 6.45) is -4.84. The second-order valence-corrected chi connectivity index (χ2v) is 9.48. The Morgan fingerprint density at radius 3 is 2.38 bits per heavy atom. The highest BCUT2D eigenvalue weighted by atomic mass is 19.4. The van der Waals surface area contributed by atoms with Crippen molar-refractivity contribution in [2.75, 3.05) is 6.61 Å². The zero-order chi connectivity index (χ0) is 29.8. The number of carboxylic acids is 1. The Kier molecular flexibility index (Phi) is 8.79. The van der Waals surface area contributed by atoms with Crippen molar-refractivity contribution in [2.45, 2.75) is 51.4 Å². The van der Waals surface area contributed by atoms with Gasteiger partial charge >= 0.3 is 18.1 Å². The first-order valence-corrected chi connectivity index (χ1v) is 12.3. The van der Waals surface area contributed by atoms with Gasteiger partial charge in [0.2, 0.25) is 0 Å². The first kappa shape index (κ1) is 30.0. The van der Waals surface area contributed by atoms with Gasteiger partial charge in [0.1, 0.15) is 0 Å². The van der Waals surface area contributed by atoms with E-state index in [-0.39, 0.29) is 23.6 Å². The van der Waals surface area contributed by atoms with Gasteiger partial charge in [0.25, 0.3) is 5.91 Å². The van der Waals surface area contributed by atoms with Crippen LogP contribution in [0, 0.1) is 5.92 Å². The molecular formula is C27H28F3N5O5. The van der Waals surface area contributed by atoms with Crippen LogP contribution in [0.5, 0.6) is 0 Å². The summed E-state index contributed by atoms with van der Waals surface area (Å²) in [6.45, 7) is 5.89. The Bertz CT molecular complexity index is 1390. The third kappa shape index (κ3) is 5.89. The second-order valence-electron chi connectivity index (χ2n) is 9.48. The number of carboxylic acid groups (broad SMARTS) is 1. The first-order valence-electron chi connectivity index (χ1n) is 12.3. The molecule has 4 unspecified atom stereocenters.